The van der Waals surface area contributed by atoms with Crippen molar-refractivity contribution < 1.29 is 14.7 Å². The molecule has 0 heterocycles. The van der Waals surface area contributed by atoms with E-state index in [4.69, 9.17) is 5.11 Å². The number of aliphatic carboxylic acids is 1. The number of carboxylic acid groups (broad SMARTS) is 1. The largest absolute Gasteiger partial charge is 0.481 e. The maximum Gasteiger partial charge on any atom is 0.317 e. The lowest BCUT2D eigenvalue weighted by Gasteiger charge is -2.25. The molecule has 0 aliphatic heterocycles. The monoisotopic (exact) mass is 256 g/mol. The number of nitrogens with one attached hydrogen (secondary N) is 1. The molecule has 0 saturated heterocycles. The summed E-state index contributed by atoms with van der Waals surface area (Å²) in [6, 6.07) is -0.192. The minimum atomic E-state index is -0.885. The lowest BCUT2D eigenvalue weighted by Crippen LogP contribution is -2.39. The average Bonchev–Trinajstić information content (AvgIpc) is 3.09. The third kappa shape index (κ3) is 4.94. The van der Waals surface area contributed by atoms with E-state index in [1.165, 1.54) is 17.7 Å². The number of carboxylic acids is 1. The molecular weight excluding hydrogens is 232 g/mol. The zero-order chi connectivity index (χ0) is 13.8. The van der Waals surface area contributed by atoms with Crippen LogP contribution in [-0.2, 0) is 4.79 Å². The van der Waals surface area contributed by atoms with Crippen molar-refractivity contribution in [1.29, 1.82) is 0 Å². The Hall–Kier alpha value is -1.26. The van der Waals surface area contributed by atoms with Crippen LogP contribution in [0.1, 0.15) is 39.5 Å². The van der Waals surface area contributed by atoms with E-state index in [-0.39, 0.29) is 19.0 Å². The number of hydrogen-bond acceptors (Lipinski definition) is 2. The molecule has 0 aromatic carbocycles. The van der Waals surface area contributed by atoms with Crippen LogP contribution in [0.3, 0.4) is 0 Å². The first-order valence-corrected chi connectivity index (χ1v) is 6.53. The summed E-state index contributed by atoms with van der Waals surface area (Å²) < 4.78 is 0. The Bertz CT molecular complexity index is 311. The number of amides is 2. The van der Waals surface area contributed by atoms with E-state index in [9.17, 15) is 9.59 Å². The molecule has 1 fully saturated rings. The van der Waals surface area contributed by atoms with E-state index in [0.717, 1.165) is 12.3 Å². The second kappa shape index (κ2) is 6.07. The quantitative estimate of drug-likeness (QED) is 0.731. The van der Waals surface area contributed by atoms with Gasteiger partial charge in [-0.2, -0.15) is 0 Å². The summed E-state index contributed by atoms with van der Waals surface area (Å²) in [7, 11) is 1.62. The maximum atomic E-state index is 11.6. The van der Waals surface area contributed by atoms with Crippen molar-refractivity contribution in [3.63, 3.8) is 0 Å². The van der Waals surface area contributed by atoms with Crippen LogP contribution in [0.25, 0.3) is 0 Å². The molecule has 2 amide bonds. The van der Waals surface area contributed by atoms with Crippen molar-refractivity contribution in [2.24, 2.45) is 11.3 Å². The molecule has 0 unspecified atom stereocenters. The predicted octanol–water partition coefficient (Wildman–Crippen LogP) is 1.93. The molecule has 2 N–H and O–H groups in total. The molecule has 0 atom stereocenters. The molecule has 18 heavy (non-hydrogen) atoms. The minimum Gasteiger partial charge on any atom is -0.481 e. The predicted molar refractivity (Wildman–Crippen MR) is 69.4 cm³/mol. The highest BCUT2D eigenvalue weighted by Gasteiger charge is 2.37. The standard InChI is InChI=1S/C13H24N2O3/c1-13(2,10-4-5-10)7-8-14-12(18)15(3)9-6-11(16)17/h10H,4-9H2,1-3H3,(H,14,18)(H,16,17). The third-order valence-electron chi connectivity index (χ3n) is 3.74. The highest BCUT2D eigenvalue weighted by Crippen LogP contribution is 2.46. The van der Waals surface area contributed by atoms with Gasteiger partial charge in [0.2, 0.25) is 0 Å². The molecule has 1 saturated carbocycles. The third-order valence-corrected chi connectivity index (χ3v) is 3.74. The van der Waals surface area contributed by atoms with Gasteiger partial charge in [0.25, 0.3) is 0 Å². The van der Waals surface area contributed by atoms with Crippen LogP contribution < -0.4 is 5.32 Å². The fourth-order valence-corrected chi connectivity index (χ4v) is 2.06. The van der Waals surface area contributed by atoms with Gasteiger partial charge in [0.1, 0.15) is 0 Å². The van der Waals surface area contributed by atoms with E-state index in [1.54, 1.807) is 7.05 Å². The van der Waals surface area contributed by atoms with Crippen LogP contribution in [0, 0.1) is 11.3 Å². The summed E-state index contributed by atoms with van der Waals surface area (Å²) in [5, 5.41) is 11.4. The highest BCUT2D eigenvalue weighted by molar-refractivity contribution is 5.74. The van der Waals surface area contributed by atoms with Gasteiger partial charge < -0.3 is 15.3 Å². The molecule has 0 radical (unpaired) electrons. The lowest BCUT2D eigenvalue weighted by atomic mass is 9.84. The number of hydrogen-bond donors (Lipinski definition) is 2. The number of carbonyl (C=O) groups is 2. The normalized spacial score (nSPS) is 15.3. The Balaban J connectivity index is 2.17. The van der Waals surface area contributed by atoms with E-state index in [1.807, 2.05) is 0 Å². The van der Waals surface area contributed by atoms with Crippen LogP contribution in [-0.4, -0.2) is 42.1 Å². The Morgan fingerprint density at radius 1 is 1.39 bits per heavy atom. The molecule has 0 spiro atoms. The van der Waals surface area contributed by atoms with Crippen molar-refractivity contribution in [3.8, 4) is 0 Å². The van der Waals surface area contributed by atoms with Gasteiger partial charge >= 0.3 is 12.0 Å². The summed E-state index contributed by atoms with van der Waals surface area (Å²) in [6.07, 6.45) is 3.56. The van der Waals surface area contributed by atoms with Gasteiger partial charge in [-0.05, 0) is 30.6 Å². The Kier molecular flexibility index (Phi) is 4.99. The van der Waals surface area contributed by atoms with Gasteiger partial charge in [-0.15, -0.1) is 0 Å². The topological polar surface area (TPSA) is 69.6 Å². The lowest BCUT2D eigenvalue weighted by molar-refractivity contribution is -0.137. The first kappa shape index (κ1) is 14.8. The zero-order valence-corrected chi connectivity index (χ0v) is 11.5. The summed E-state index contributed by atoms with van der Waals surface area (Å²) >= 11 is 0. The van der Waals surface area contributed by atoms with Crippen molar-refractivity contribution in [1.82, 2.24) is 10.2 Å². The molecular formula is C13H24N2O3. The van der Waals surface area contributed by atoms with Gasteiger partial charge in [0, 0.05) is 20.1 Å². The Labute approximate surface area is 109 Å². The molecule has 104 valence electrons. The van der Waals surface area contributed by atoms with Crippen LogP contribution in [0.4, 0.5) is 4.79 Å². The van der Waals surface area contributed by atoms with Gasteiger partial charge in [-0.3, -0.25) is 4.79 Å². The van der Waals surface area contributed by atoms with Crippen molar-refractivity contribution in [2.75, 3.05) is 20.1 Å². The number of nitrogens with zero attached hydrogens (tertiary/aromatic N) is 1. The summed E-state index contributed by atoms with van der Waals surface area (Å²) in [5.41, 5.74) is 0.299. The van der Waals surface area contributed by atoms with Crippen LogP contribution >= 0.6 is 0 Å². The van der Waals surface area contributed by atoms with Crippen LogP contribution in [0.5, 0.6) is 0 Å². The second-order valence-electron chi connectivity index (χ2n) is 5.81. The van der Waals surface area contributed by atoms with Crippen LogP contribution in [0.15, 0.2) is 0 Å². The molecule has 1 aliphatic carbocycles. The molecule has 0 aromatic rings. The molecule has 1 rings (SSSR count). The fraction of sp³-hybridized carbons (Fsp3) is 0.846. The number of carbonyl (C=O) groups excluding carboxylic acids is 1. The molecule has 5 heteroatoms. The summed E-state index contributed by atoms with van der Waals surface area (Å²) in [6.45, 7) is 5.38. The van der Waals surface area contributed by atoms with Gasteiger partial charge in [-0.25, -0.2) is 4.79 Å². The van der Waals surface area contributed by atoms with Crippen LogP contribution in [0.2, 0.25) is 0 Å². The fourth-order valence-electron chi connectivity index (χ4n) is 2.06. The second-order valence-corrected chi connectivity index (χ2v) is 5.81. The SMILES string of the molecule is CN(CCC(=O)O)C(=O)NCCC(C)(C)C1CC1. The molecule has 5 nitrogen and oxygen atoms in total. The van der Waals surface area contributed by atoms with E-state index >= 15 is 0 Å². The van der Waals surface area contributed by atoms with E-state index < -0.39 is 5.97 Å². The zero-order valence-electron chi connectivity index (χ0n) is 11.5. The smallest absolute Gasteiger partial charge is 0.317 e. The van der Waals surface area contributed by atoms with Crippen molar-refractivity contribution >= 4 is 12.0 Å². The maximum absolute atomic E-state index is 11.6. The van der Waals surface area contributed by atoms with Gasteiger partial charge in [-0.1, -0.05) is 13.8 Å². The van der Waals surface area contributed by atoms with Crippen molar-refractivity contribution in [2.45, 2.75) is 39.5 Å². The minimum absolute atomic E-state index is 0.0164. The molecule has 0 bridgehead atoms. The summed E-state index contributed by atoms with van der Waals surface area (Å²) in [5.74, 6) is -0.0799. The Morgan fingerprint density at radius 3 is 2.50 bits per heavy atom. The first-order chi connectivity index (χ1) is 8.33. The van der Waals surface area contributed by atoms with E-state index in [2.05, 4.69) is 19.2 Å². The first-order valence-electron chi connectivity index (χ1n) is 6.53. The molecule has 1 aliphatic rings. The molecule has 0 aromatic heterocycles. The number of rotatable bonds is 7. The number of urea groups is 1. The van der Waals surface area contributed by atoms with Gasteiger partial charge in [0.15, 0.2) is 0 Å². The highest BCUT2D eigenvalue weighted by atomic mass is 16.4. The van der Waals surface area contributed by atoms with Gasteiger partial charge in [0.05, 0.1) is 6.42 Å². The summed E-state index contributed by atoms with van der Waals surface area (Å²) in [4.78, 5) is 23.5. The van der Waals surface area contributed by atoms with E-state index in [0.29, 0.717) is 12.0 Å². The van der Waals surface area contributed by atoms with Crippen molar-refractivity contribution in [3.05, 3.63) is 0 Å². The average molecular weight is 256 g/mol. The Morgan fingerprint density at radius 2 is 2.00 bits per heavy atom.